The van der Waals surface area contributed by atoms with Gasteiger partial charge in [-0.1, -0.05) is 0 Å². The van der Waals surface area contributed by atoms with Gasteiger partial charge >= 0.3 is 6.18 Å². The van der Waals surface area contributed by atoms with Crippen LogP contribution in [-0.4, -0.2) is 24.4 Å². The molecule has 0 aliphatic carbocycles. The van der Waals surface area contributed by atoms with Crippen LogP contribution in [0.3, 0.4) is 0 Å². The third-order valence-electron chi connectivity index (χ3n) is 1.10. The number of alkyl halides is 3. The molecule has 12 heavy (non-hydrogen) atoms. The first-order valence-corrected chi connectivity index (χ1v) is 4.03. The van der Waals surface area contributed by atoms with Gasteiger partial charge in [-0.3, -0.25) is 4.79 Å². The van der Waals surface area contributed by atoms with E-state index in [0.717, 1.165) is 0 Å². The van der Waals surface area contributed by atoms with Crippen molar-refractivity contribution >= 4 is 18.5 Å². The Hall–Kier alpha value is -0.390. The predicted molar refractivity (Wildman–Crippen MR) is 42.2 cm³/mol. The Bertz CT molecular complexity index is 148. The zero-order valence-electron chi connectivity index (χ0n) is 6.32. The fraction of sp³-hybridized carbons (Fsp3) is 0.833. The molecule has 0 aromatic heterocycles. The van der Waals surface area contributed by atoms with Gasteiger partial charge in [0.25, 0.3) is 0 Å². The van der Waals surface area contributed by atoms with Crippen LogP contribution in [-0.2, 0) is 4.79 Å². The molecule has 0 aromatic rings. The molecule has 6 heteroatoms. The lowest BCUT2D eigenvalue weighted by Crippen LogP contribution is -2.26. The molecule has 0 aliphatic heterocycles. The molecule has 0 rings (SSSR count). The van der Waals surface area contributed by atoms with Gasteiger partial charge in [-0.05, 0) is 6.42 Å². The number of amides is 1. The van der Waals surface area contributed by atoms with Crippen molar-refractivity contribution in [1.29, 1.82) is 0 Å². The van der Waals surface area contributed by atoms with Crippen LogP contribution in [0.4, 0.5) is 13.2 Å². The Morgan fingerprint density at radius 3 is 2.42 bits per heavy atom. The van der Waals surface area contributed by atoms with Crippen LogP contribution in [0.5, 0.6) is 0 Å². The number of thiol groups is 1. The molecule has 1 N–H and O–H groups in total. The molecule has 0 aliphatic rings. The second kappa shape index (κ2) is 5.29. The molecule has 0 saturated heterocycles. The maximum absolute atomic E-state index is 11.5. The quantitative estimate of drug-likeness (QED) is 0.522. The van der Waals surface area contributed by atoms with Crippen molar-refractivity contribution < 1.29 is 18.0 Å². The van der Waals surface area contributed by atoms with E-state index in [1.165, 1.54) is 0 Å². The summed E-state index contributed by atoms with van der Waals surface area (Å²) in [4.78, 5) is 10.5. The normalized spacial score (nSPS) is 11.3. The van der Waals surface area contributed by atoms with Crippen molar-refractivity contribution in [2.45, 2.75) is 19.0 Å². The second-order valence-electron chi connectivity index (χ2n) is 2.23. The van der Waals surface area contributed by atoms with Gasteiger partial charge in [-0.2, -0.15) is 25.8 Å². The summed E-state index contributed by atoms with van der Waals surface area (Å²) in [6.45, 7) is 0.0545. The SMILES string of the molecule is O=C(CS)NCCCC(F)(F)F. The van der Waals surface area contributed by atoms with Gasteiger partial charge in [-0.15, -0.1) is 0 Å². The fourth-order valence-electron chi connectivity index (χ4n) is 0.573. The van der Waals surface area contributed by atoms with Gasteiger partial charge in [-0.25, -0.2) is 0 Å². The molecule has 1 amide bonds. The zero-order chi connectivity index (χ0) is 9.61. The highest BCUT2D eigenvalue weighted by Crippen LogP contribution is 2.20. The fourth-order valence-corrected chi connectivity index (χ4v) is 0.684. The minimum Gasteiger partial charge on any atom is -0.355 e. The van der Waals surface area contributed by atoms with E-state index in [-0.39, 0.29) is 24.6 Å². The lowest BCUT2D eigenvalue weighted by Gasteiger charge is -2.06. The van der Waals surface area contributed by atoms with Crippen molar-refractivity contribution in [3.05, 3.63) is 0 Å². The molecular weight excluding hydrogens is 191 g/mol. The first-order chi connectivity index (χ1) is 5.45. The number of carbonyl (C=O) groups is 1. The average molecular weight is 201 g/mol. The number of hydrogen-bond donors (Lipinski definition) is 2. The topological polar surface area (TPSA) is 29.1 Å². The number of hydrogen-bond acceptors (Lipinski definition) is 2. The van der Waals surface area contributed by atoms with Crippen molar-refractivity contribution in [1.82, 2.24) is 5.32 Å². The van der Waals surface area contributed by atoms with Crippen LogP contribution in [0.2, 0.25) is 0 Å². The predicted octanol–water partition coefficient (Wildman–Crippen LogP) is 1.37. The van der Waals surface area contributed by atoms with Crippen LogP contribution in [0.1, 0.15) is 12.8 Å². The van der Waals surface area contributed by atoms with E-state index in [1.807, 2.05) is 0 Å². The second-order valence-corrected chi connectivity index (χ2v) is 2.54. The van der Waals surface area contributed by atoms with E-state index in [2.05, 4.69) is 17.9 Å². The van der Waals surface area contributed by atoms with Gasteiger partial charge in [0.1, 0.15) is 0 Å². The van der Waals surface area contributed by atoms with Crippen molar-refractivity contribution in [3.8, 4) is 0 Å². The summed E-state index contributed by atoms with van der Waals surface area (Å²) >= 11 is 3.64. The summed E-state index contributed by atoms with van der Waals surface area (Å²) in [7, 11) is 0. The standard InChI is InChI=1S/C6H10F3NOS/c7-6(8,9)2-1-3-10-5(11)4-12/h12H,1-4H2,(H,10,11). The number of halogens is 3. The van der Waals surface area contributed by atoms with Gasteiger partial charge in [0.2, 0.25) is 5.91 Å². The molecule has 72 valence electrons. The highest BCUT2D eigenvalue weighted by molar-refractivity contribution is 7.81. The van der Waals surface area contributed by atoms with Gasteiger partial charge in [0, 0.05) is 13.0 Å². The van der Waals surface area contributed by atoms with Gasteiger partial charge < -0.3 is 5.32 Å². The smallest absolute Gasteiger partial charge is 0.355 e. The Labute approximate surface area is 73.9 Å². The summed E-state index contributed by atoms with van der Waals surface area (Å²) in [6, 6.07) is 0. The third-order valence-corrected chi connectivity index (χ3v) is 1.39. The minimum absolute atomic E-state index is 0.00597. The van der Waals surface area contributed by atoms with E-state index in [1.54, 1.807) is 0 Å². The maximum atomic E-state index is 11.5. The maximum Gasteiger partial charge on any atom is 0.389 e. The largest absolute Gasteiger partial charge is 0.389 e. The van der Waals surface area contributed by atoms with Crippen LogP contribution in [0, 0.1) is 0 Å². The Morgan fingerprint density at radius 1 is 1.42 bits per heavy atom. The molecule has 0 heterocycles. The Balaban J connectivity index is 3.28. The van der Waals surface area contributed by atoms with E-state index in [9.17, 15) is 18.0 Å². The Morgan fingerprint density at radius 2 is 2.00 bits per heavy atom. The molecule has 0 spiro atoms. The van der Waals surface area contributed by atoms with Crippen LogP contribution in [0.25, 0.3) is 0 Å². The molecule has 0 aromatic carbocycles. The number of nitrogens with one attached hydrogen (secondary N) is 1. The summed E-state index contributed by atoms with van der Waals surface area (Å²) in [6.07, 6.45) is -5.07. The highest BCUT2D eigenvalue weighted by atomic mass is 32.1. The van der Waals surface area contributed by atoms with Gasteiger partial charge in [0.05, 0.1) is 5.75 Å². The van der Waals surface area contributed by atoms with Crippen LogP contribution >= 0.6 is 12.6 Å². The molecular formula is C6H10F3NOS. The number of carbonyl (C=O) groups excluding carboxylic acids is 1. The summed E-state index contributed by atoms with van der Waals surface area (Å²) in [5.41, 5.74) is 0. The van der Waals surface area contributed by atoms with E-state index < -0.39 is 12.6 Å². The zero-order valence-corrected chi connectivity index (χ0v) is 7.21. The van der Waals surface area contributed by atoms with Crippen LogP contribution in [0.15, 0.2) is 0 Å². The first kappa shape index (κ1) is 11.6. The molecule has 0 radical (unpaired) electrons. The van der Waals surface area contributed by atoms with Crippen molar-refractivity contribution in [2.75, 3.05) is 12.3 Å². The Kier molecular flexibility index (Phi) is 5.12. The molecule has 2 nitrogen and oxygen atoms in total. The van der Waals surface area contributed by atoms with Crippen molar-refractivity contribution in [3.63, 3.8) is 0 Å². The summed E-state index contributed by atoms with van der Waals surface area (Å²) in [5, 5.41) is 2.29. The van der Waals surface area contributed by atoms with E-state index in [4.69, 9.17) is 0 Å². The van der Waals surface area contributed by atoms with E-state index >= 15 is 0 Å². The van der Waals surface area contributed by atoms with E-state index in [0.29, 0.717) is 0 Å². The van der Waals surface area contributed by atoms with Gasteiger partial charge in [0.15, 0.2) is 0 Å². The highest BCUT2D eigenvalue weighted by Gasteiger charge is 2.25. The average Bonchev–Trinajstić information content (AvgIpc) is 1.96. The van der Waals surface area contributed by atoms with Crippen LogP contribution < -0.4 is 5.32 Å². The molecule has 0 saturated carbocycles. The lowest BCUT2D eigenvalue weighted by molar-refractivity contribution is -0.136. The molecule has 0 atom stereocenters. The third kappa shape index (κ3) is 7.71. The minimum atomic E-state index is -4.13. The first-order valence-electron chi connectivity index (χ1n) is 3.40. The summed E-state index contributed by atoms with van der Waals surface area (Å²) in [5.74, 6) is -0.341. The molecule has 0 fully saturated rings. The molecule has 0 unspecified atom stereocenters. The lowest BCUT2D eigenvalue weighted by atomic mass is 10.3. The van der Waals surface area contributed by atoms with Crippen molar-refractivity contribution in [2.24, 2.45) is 0 Å². The molecule has 0 bridgehead atoms. The monoisotopic (exact) mass is 201 g/mol. The summed E-state index contributed by atoms with van der Waals surface area (Å²) < 4.78 is 34.6. The number of rotatable bonds is 4.